The Balaban J connectivity index is 2.36. The van der Waals surface area contributed by atoms with Gasteiger partial charge in [0.1, 0.15) is 11.6 Å². The molecule has 8 nitrogen and oxygen atoms in total. The highest BCUT2D eigenvalue weighted by Gasteiger charge is 2.33. The van der Waals surface area contributed by atoms with Gasteiger partial charge in [-0.15, -0.1) is 0 Å². The molecule has 1 unspecified atom stereocenters. The minimum atomic E-state index is -0.873. The first-order valence-electron chi connectivity index (χ1n) is 6.67. The molecular weight excluding hydrogens is 368 g/mol. The first-order valence-corrected chi connectivity index (χ1v) is 7.46. The van der Waals surface area contributed by atoms with E-state index in [1.54, 1.807) is 12.1 Å². The van der Waals surface area contributed by atoms with Crippen molar-refractivity contribution in [3.8, 4) is 5.75 Å². The fourth-order valence-electron chi connectivity index (χ4n) is 2.62. The third kappa shape index (κ3) is 2.33. The van der Waals surface area contributed by atoms with Crippen molar-refractivity contribution in [2.75, 3.05) is 5.32 Å². The van der Waals surface area contributed by atoms with E-state index in [1.165, 1.54) is 24.7 Å². The molecule has 0 bridgehead atoms. The van der Waals surface area contributed by atoms with Crippen LogP contribution in [0.4, 0.5) is 10.6 Å². The molecule has 3 N–H and O–H groups in total. The van der Waals surface area contributed by atoms with Gasteiger partial charge in [0, 0.05) is 24.1 Å². The second-order valence-corrected chi connectivity index (χ2v) is 6.12. The number of hydrogen-bond donors (Lipinski definition) is 3. The van der Waals surface area contributed by atoms with E-state index in [-0.39, 0.29) is 17.1 Å². The van der Waals surface area contributed by atoms with Crippen LogP contribution in [0, 0.1) is 0 Å². The molecule has 1 aromatic carbocycles. The number of phenols is 1. The van der Waals surface area contributed by atoms with Crippen LogP contribution >= 0.6 is 15.9 Å². The Labute approximate surface area is 138 Å². The van der Waals surface area contributed by atoms with Gasteiger partial charge < -0.3 is 10.4 Å². The zero-order valence-electron chi connectivity index (χ0n) is 12.3. The summed E-state index contributed by atoms with van der Waals surface area (Å²) in [6.07, 6.45) is 0. The first-order chi connectivity index (χ1) is 10.8. The monoisotopic (exact) mass is 380 g/mol. The molecule has 1 aromatic heterocycles. The number of aromatic hydroxyl groups is 1. The third-order valence-electron chi connectivity index (χ3n) is 3.80. The molecule has 0 fully saturated rings. The number of hydrogen-bond acceptors (Lipinski definition) is 4. The van der Waals surface area contributed by atoms with E-state index in [4.69, 9.17) is 0 Å². The zero-order valence-corrected chi connectivity index (χ0v) is 13.8. The maximum absolute atomic E-state index is 12.5. The van der Waals surface area contributed by atoms with Gasteiger partial charge in [-0.3, -0.25) is 19.2 Å². The number of fused-ring (bicyclic) bond motifs is 1. The number of amides is 2. The fourth-order valence-corrected chi connectivity index (χ4v) is 3.00. The number of urea groups is 1. The van der Waals surface area contributed by atoms with Crippen molar-refractivity contribution in [1.82, 2.24) is 14.5 Å². The second kappa shape index (κ2) is 5.27. The molecule has 9 heteroatoms. The van der Waals surface area contributed by atoms with Crippen LogP contribution in [-0.2, 0) is 14.1 Å². The van der Waals surface area contributed by atoms with Crippen LogP contribution in [0.2, 0.25) is 0 Å². The highest BCUT2D eigenvalue weighted by Crippen LogP contribution is 2.34. The van der Waals surface area contributed by atoms with E-state index in [2.05, 4.69) is 26.6 Å². The second-order valence-electron chi connectivity index (χ2n) is 5.20. The van der Waals surface area contributed by atoms with Crippen LogP contribution in [0.3, 0.4) is 0 Å². The standard InChI is InChI=1S/C14H13BrN4O4/c1-18-11-9(12(21)19(2)14(18)23)10(16-13(22)17-11)7-5-6(15)3-4-8(7)20/h3-5,10,20H,1-2H3,(H2,16,17,22). The number of phenolic OH excluding ortho intramolecular Hbond substituents is 1. The number of anilines is 1. The van der Waals surface area contributed by atoms with E-state index in [0.29, 0.717) is 10.0 Å². The summed E-state index contributed by atoms with van der Waals surface area (Å²) in [7, 11) is 2.82. The van der Waals surface area contributed by atoms with Gasteiger partial charge in [-0.2, -0.15) is 0 Å². The Hall–Kier alpha value is -2.55. The lowest BCUT2D eigenvalue weighted by molar-refractivity contribution is 0.248. The average Bonchev–Trinajstić information content (AvgIpc) is 2.52. The lowest BCUT2D eigenvalue weighted by Gasteiger charge is -2.28. The number of benzene rings is 1. The van der Waals surface area contributed by atoms with E-state index in [9.17, 15) is 19.5 Å². The maximum atomic E-state index is 12.5. The molecule has 1 aliphatic rings. The van der Waals surface area contributed by atoms with Crippen molar-refractivity contribution in [2.24, 2.45) is 14.1 Å². The number of carbonyl (C=O) groups excluding carboxylic acids is 1. The molecule has 120 valence electrons. The molecular formula is C14H13BrN4O4. The van der Waals surface area contributed by atoms with Crippen molar-refractivity contribution in [3.05, 3.63) is 54.6 Å². The summed E-state index contributed by atoms with van der Waals surface area (Å²) < 4.78 is 2.83. The van der Waals surface area contributed by atoms with Crippen LogP contribution in [0.1, 0.15) is 17.2 Å². The normalized spacial score (nSPS) is 16.5. The van der Waals surface area contributed by atoms with Crippen LogP contribution in [0.15, 0.2) is 32.3 Å². The van der Waals surface area contributed by atoms with Crippen molar-refractivity contribution in [1.29, 1.82) is 0 Å². The van der Waals surface area contributed by atoms with Crippen LogP contribution in [0.25, 0.3) is 0 Å². The molecule has 2 amide bonds. The summed E-state index contributed by atoms with van der Waals surface area (Å²) in [6.45, 7) is 0. The summed E-state index contributed by atoms with van der Waals surface area (Å²) in [5.41, 5.74) is -0.554. The van der Waals surface area contributed by atoms with Crippen LogP contribution in [0.5, 0.6) is 5.75 Å². The highest BCUT2D eigenvalue weighted by atomic mass is 79.9. The topological polar surface area (TPSA) is 105 Å². The molecule has 1 aliphatic heterocycles. The van der Waals surface area contributed by atoms with Crippen molar-refractivity contribution in [2.45, 2.75) is 6.04 Å². The van der Waals surface area contributed by atoms with Crippen LogP contribution < -0.4 is 21.9 Å². The Bertz CT molecular complexity index is 947. The van der Waals surface area contributed by atoms with Crippen molar-refractivity contribution in [3.63, 3.8) is 0 Å². The van der Waals surface area contributed by atoms with Gasteiger partial charge in [0.05, 0.1) is 11.6 Å². The van der Waals surface area contributed by atoms with Gasteiger partial charge in [0.15, 0.2) is 0 Å². The SMILES string of the molecule is Cn1c2c(c(=O)n(C)c1=O)C(c1cc(Br)ccc1O)NC(=O)N2. The molecule has 3 rings (SSSR count). The van der Waals surface area contributed by atoms with Gasteiger partial charge in [-0.1, -0.05) is 15.9 Å². The molecule has 23 heavy (non-hydrogen) atoms. The minimum Gasteiger partial charge on any atom is -0.508 e. The quantitative estimate of drug-likeness (QED) is 0.679. The van der Waals surface area contributed by atoms with Gasteiger partial charge in [0.2, 0.25) is 0 Å². The van der Waals surface area contributed by atoms with E-state index < -0.39 is 23.3 Å². The van der Waals surface area contributed by atoms with Crippen molar-refractivity contribution < 1.29 is 9.90 Å². The molecule has 0 spiro atoms. The molecule has 0 radical (unpaired) electrons. The highest BCUT2D eigenvalue weighted by molar-refractivity contribution is 9.10. The number of nitrogens with one attached hydrogen (secondary N) is 2. The molecule has 2 aromatic rings. The Morgan fingerprint density at radius 2 is 1.87 bits per heavy atom. The summed E-state index contributed by atoms with van der Waals surface area (Å²) >= 11 is 3.30. The van der Waals surface area contributed by atoms with Crippen LogP contribution in [-0.4, -0.2) is 20.3 Å². The predicted molar refractivity (Wildman–Crippen MR) is 86.7 cm³/mol. The smallest absolute Gasteiger partial charge is 0.332 e. The van der Waals surface area contributed by atoms with E-state index in [1.807, 2.05) is 0 Å². The molecule has 1 atom stereocenters. The number of aromatic nitrogens is 2. The number of nitrogens with zero attached hydrogens (tertiary/aromatic N) is 2. The summed E-state index contributed by atoms with van der Waals surface area (Å²) in [5, 5.41) is 15.2. The Morgan fingerprint density at radius 1 is 1.17 bits per heavy atom. The number of carbonyl (C=O) groups is 1. The fraction of sp³-hybridized carbons (Fsp3) is 0.214. The van der Waals surface area contributed by atoms with E-state index >= 15 is 0 Å². The Kier molecular flexibility index (Phi) is 3.52. The minimum absolute atomic E-state index is 0.0674. The van der Waals surface area contributed by atoms with E-state index in [0.717, 1.165) is 4.57 Å². The summed E-state index contributed by atoms with van der Waals surface area (Å²) in [5.74, 6) is 0.0495. The van der Waals surface area contributed by atoms with Gasteiger partial charge in [-0.05, 0) is 18.2 Å². The maximum Gasteiger partial charge on any atom is 0.332 e. The lowest BCUT2D eigenvalue weighted by Crippen LogP contribution is -2.49. The average molecular weight is 381 g/mol. The summed E-state index contributed by atoms with van der Waals surface area (Å²) in [4.78, 5) is 36.5. The molecule has 0 aliphatic carbocycles. The van der Waals surface area contributed by atoms with Gasteiger partial charge >= 0.3 is 11.7 Å². The summed E-state index contributed by atoms with van der Waals surface area (Å²) in [6, 6.07) is 3.27. The first kappa shape index (κ1) is 15.3. The molecule has 0 saturated heterocycles. The Morgan fingerprint density at radius 3 is 2.57 bits per heavy atom. The molecule has 2 heterocycles. The third-order valence-corrected chi connectivity index (χ3v) is 4.29. The van der Waals surface area contributed by atoms with Gasteiger partial charge in [0.25, 0.3) is 5.56 Å². The lowest BCUT2D eigenvalue weighted by atomic mass is 9.97. The zero-order chi connectivity index (χ0) is 16.9. The van der Waals surface area contributed by atoms with Crippen molar-refractivity contribution >= 4 is 27.8 Å². The predicted octanol–water partition coefficient (Wildman–Crippen LogP) is 0.777. The van der Waals surface area contributed by atoms with Gasteiger partial charge in [-0.25, -0.2) is 9.59 Å². The number of halogens is 1. The number of rotatable bonds is 1. The molecule has 0 saturated carbocycles. The largest absolute Gasteiger partial charge is 0.508 e.